The summed E-state index contributed by atoms with van der Waals surface area (Å²) in [5.74, 6) is 0. The highest BCUT2D eigenvalue weighted by Gasteiger charge is 2.31. The second-order valence-corrected chi connectivity index (χ2v) is 10.7. The summed E-state index contributed by atoms with van der Waals surface area (Å²) >= 11 is 0. The van der Waals surface area contributed by atoms with Crippen molar-refractivity contribution < 1.29 is 4.57 Å². The Hall–Kier alpha value is -2.89. The number of aryl methyl sites for hydroxylation is 3. The van der Waals surface area contributed by atoms with E-state index in [-0.39, 0.29) is 0 Å². The van der Waals surface area contributed by atoms with Gasteiger partial charge in [-0.15, -0.1) is 0 Å². The molecule has 0 atom stereocenters. The van der Waals surface area contributed by atoms with Crippen LogP contribution >= 0.6 is 7.14 Å². The summed E-state index contributed by atoms with van der Waals surface area (Å²) in [5, 5.41) is 2.68. The van der Waals surface area contributed by atoms with E-state index >= 15 is 0 Å². The molecule has 4 rings (SSSR count). The molecule has 150 valence electrons. The Kier molecular flexibility index (Phi) is 5.75. The van der Waals surface area contributed by atoms with Crippen molar-refractivity contribution in [2.75, 3.05) is 0 Å². The summed E-state index contributed by atoms with van der Waals surface area (Å²) in [6.07, 6.45) is 0.776. The van der Waals surface area contributed by atoms with E-state index in [0.717, 1.165) is 27.9 Å². The molecule has 0 saturated carbocycles. The number of hydrogen-bond acceptors (Lipinski definition) is 1. The normalized spacial score (nSPS) is 11.4. The van der Waals surface area contributed by atoms with Crippen molar-refractivity contribution >= 4 is 23.1 Å². The van der Waals surface area contributed by atoms with Crippen LogP contribution in [0.5, 0.6) is 0 Å². The molecule has 0 aliphatic heterocycles. The van der Waals surface area contributed by atoms with Crippen LogP contribution in [0.25, 0.3) is 0 Å². The molecule has 0 spiro atoms. The molecular formula is C28H27OP. The van der Waals surface area contributed by atoms with Gasteiger partial charge in [-0.3, -0.25) is 0 Å². The average molecular weight is 410 g/mol. The zero-order valence-corrected chi connectivity index (χ0v) is 18.7. The Morgan fingerprint density at radius 2 is 1.10 bits per heavy atom. The Labute approximate surface area is 179 Å². The lowest BCUT2D eigenvalue weighted by molar-refractivity contribution is 0.592. The van der Waals surface area contributed by atoms with E-state index in [1.165, 1.54) is 22.3 Å². The Morgan fingerprint density at radius 3 is 1.63 bits per heavy atom. The van der Waals surface area contributed by atoms with Crippen molar-refractivity contribution in [1.82, 2.24) is 0 Å². The summed E-state index contributed by atoms with van der Waals surface area (Å²) in [4.78, 5) is 0. The summed E-state index contributed by atoms with van der Waals surface area (Å²) in [7, 11) is -2.99. The fourth-order valence-electron chi connectivity index (χ4n) is 4.35. The lowest BCUT2D eigenvalue weighted by Gasteiger charge is -2.23. The van der Waals surface area contributed by atoms with Gasteiger partial charge in [-0.1, -0.05) is 103 Å². The molecule has 0 fully saturated rings. The van der Waals surface area contributed by atoms with Gasteiger partial charge in [0.15, 0.2) is 7.14 Å². The first-order chi connectivity index (χ1) is 14.5. The molecule has 0 N–H and O–H groups in total. The third kappa shape index (κ3) is 3.78. The maximum atomic E-state index is 14.9. The van der Waals surface area contributed by atoms with Crippen LogP contribution in [-0.4, -0.2) is 0 Å². The molecule has 0 radical (unpaired) electrons. The molecule has 2 heteroatoms. The minimum absolute atomic E-state index is 0.776. The fourth-order valence-corrected chi connectivity index (χ4v) is 7.24. The third-order valence-electron chi connectivity index (χ3n) is 5.78. The van der Waals surface area contributed by atoms with Gasteiger partial charge in [0.2, 0.25) is 0 Å². The van der Waals surface area contributed by atoms with Crippen LogP contribution in [0.15, 0.2) is 97.1 Å². The minimum Gasteiger partial charge on any atom is -0.309 e. The molecule has 0 aliphatic carbocycles. The minimum atomic E-state index is -2.99. The van der Waals surface area contributed by atoms with E-state index in [9.17, 15) is 4.57 Å². The SMILES string of the molecule is Cc1cc(C)c(Cc2ccccc2P(=O)(c2ccccc2)c2ccccc2)c(C)c1. The molecule has 30 heavy (non-hydrogen) atoms. The standard InChI is InChI=1S/C28H27OP/c1-21-18-22(2)27(23(3)19-21)20-24-12-10-11-17-28(24)30(29,25-13-6-4-7-14-25)26-15-8-5-9-16-26/h4-19H,20H2,1-3H3. The van der Waals surface area contributed by atoms with E-state index in [1.807, 2.05) is 66.7 Å². The number of benzene rings is 4. The molecule has 0 amide bonds. The Morgan fingerprint density at radius 1 is 0.633 bits per heavy atom. The zero-order chi connectivity index (χ0) is 21.1. The summed E-state index contributed by atoms with van der Waals surface area (Å²) in [6.45, 7) is 6.48. The Balaban J connectivity index is 1.92. The van der Waals surface area contributed by atoms with Crippen LogP contribution in [0.1, 0.15) is 27.8 Å². The van der Waals surface area contributed by atoms with E-state index in [1.54, 1.807) is 0 Å². The van der Waals surface area contributed by atoms with Crippen LogP contribution < -0.4 is 15.9 Å². The first-order valence-electron chi connectivity index (χ1n) is 10.4. The van der Waals surface area contributed by atoms with Crippen molar-refractivity contribution in [1.29, 1.82) is 0 Å². The van der Waals surface area contributed by atoms with Gasteiger partial charge in [0.1, 0.15) is 0 Å². The van der Waals surface area contributed by atoms with E-state index in [0.29, 0.717) is 0 Å². The molecule has 4 aromatic carbocycles. The highest BCUT2D eigenvalue weighted by molar-refractivity contribution is 7.85. The van der Waals surface area contributed by atoms with Crippen LogP contribution in [0, 0.1) is 20.8 Å². The molecule has 0 bridgehead atoms. The van der Waals surface area contributed by atoms with Gasteiger partial charge in [0.05, 0.1) is 0 Å². The summed E-state index contributed by atoms with van der Waals surface area (Å²) < 4.78 is 14.9. The van der Waals surface area contributed by atoms with Gasteiger partial charge < -0.3 is 4.57 Å². The van der Waals surface area contributed by atoms with E-state index in [2.05, 4.69) is 51.1 Å². The molecule has 0 aliphatic rings. The number of hydrogen-bond donors (Lipinski definition) is 0. The largest absolute Gasteiger partial charge is 0.309 e. The van der Waals surface area contributed by atoms with Crippen molar-refractivity contribution in [3.05, 3.63) is 125 Å². The van der Waals surface area contributed by atoms with Crippen LogP contribution in [0.2, 0.25) is 0 Å². The molecular weight excluding hydrogens is 383 g/mol. The third-order valence-corrected chi connectivity index (χ3v) is 8.94. The van der Waals surface area contributed by atoms with Gasteiger partial charge >= 0.3 is 0 Å². The first kappa shape index (κ1) is 20.4. The van der Waals surface area contributed by atoms with E-state index in [4.69, 9.17) is 0 Å². The molecule has 4 aromatic rings. The highest BCUT2D eigenvalue weighted by Crippen LogP contribution is 2.43. The topological polar surface area (TPSA) is 17.1 Å². The van der Waals surface area contributed by atoms with Gasteiger partial charge in [0.25, 0.3) is 0 Å². The van der Waals surface area contributed by atoms with Gasteiger partial charge in [-0.2, -0.15) is 0 Å². The second-order valence-electron chi connectivity index (χ2n) is 7.96. The molecule has 0 heterocycles. The summed E-state index contributed by atoms with van der Waals surface area (Å²) in [5.41, 5.74) is 6.30. The molecule has 0 unspecified atom stereocenters. The predicted octanol–water partition coefficient (Wildman–Crippen LogP) is 5.84. The zero-order valence-electron chi connectivity index (χ0n) is 17.8. The smallest absolute Gasteiger partial charge is 0.171 e. The second kappa shape index (κ2) is 8.46. The maximum absolute atomic E-state index is 14.9. The fraction of sp³-hybridized carbons (Fsp3) is 0.143. The lowest BCUT2D eigenvalue weighted by Crippen LogP contribution is -2.27. The van der Waals surface area contributed by atoms with Crippen molar-refractivity contribution in [2.24, 2.45) is 0 Å². The van der Waals surface area contributed by atoms with Gasteiger partial charge in [0, 0.05) is 15.9 Å². The Bertz CT molecular complexity index is 1140. The molecule has 1 nitrogen and oxygen atoms in total. The van der Waals surface area contributed by atoms with Crippen LogP contribution in [0.3, 0.4) is 0 Å². The van der Waals surface area contributed by atoms with Crippen molar-refractivity contribution in [2.45, 2.75) is 27.2 Å². The average Bonchev–Trinajstić information content (AvgIpc) is 2.77. The first-order valence-corrected chi connectivity index (χ1v) is 12.1. The van der Waals surface area contributed by atoms with Gasteiger partial charge in [-0.05, 0) is 49.4 Å². The highest BCUT2D eigenvalue weighted by atomic mass is 31.2. The van der Waals surface area contributed by atoms with E-state index < -0.39 is 7.14 Å². The summed E-state index contributed by atoms with van der Waals surface area (Å²) in [6, 6.07) is 32.5. The predicted molar refractivity (Wildman–Crippen MR) is 129 cm³/mol. The number of rotatable bonds is 5. The maximum Gasteiger partial charge on any atom is 0.171 e. The van der Waals surface area contributed by atoms with Crippen LogP contribution in [0.4, 0.5) is 0 Å². The monoisotopic (exact) mass is 410 g/mol. The van der Waals surface area contributed by atoms with Gasteiger partial charge in [-0.25, -0.2) is 0 Å². The molecule has 0 aromatic heterocycles. The van der Waals surface area contributed by atoms with Crippen molar-refractivity contribution in [3.8, 4) is 0 Å². The molecule has 0 saturated heterocycles. The lowest BCUT2D eigenvalue weighted by atomic mass is 9.94. The van der Waals surface area contributed by atoms with Crippen molar-refractivity contribution in [3.63, 3.8) is 0 Å². The van der Waals surface area contributed by atoms with Crippen LogP contribution in [-0.2, 0) is 11.0 Å². The quantitative estimate of drug-likeness (QED) is 0.378.